The van der Waals surface area contributed by atoms with E-state index < -0.39 is 0 Å². The molecule has 0 aliphatic carbocycles. The predicted octanol–water partition coefficient (Wildman–Crippen LogP) is 5.40. The van der Waals surface area contributed by atoms with Crippen LogP contribution in [-0.4, -0.2) is 14.5 Å². The van der Waals surface area contributed by atoms with Crippen molar-refractivity contribution in [1.29, 1.82) is 0 Å². The third-order valence-corrected chi connectivity index (χ3v) is 4.68. The SMILES string of the molecule is CC.Cc1cc(Br)cc2c(=O)[nH]c(Cc3ccc(-n4cccc4)cc3)nc12. The number of benzene rings is 2. The number of hydrogen-bond acceptors (Lipinski definition) is 2. The monoisotopic (exact) mass is 423 g/mol. The second-order valence-corrected chi connectivity index (χ2v) is 6.98. The first kappa shape index (κ1) is 19.1. The van der Waals surface area contributed by atoms with Gasteiger partial charge in [0, 0.05) is 29.0 Å². The Bertz CT molecular complexity index is 1100. The van der Waals surface area contributed by atoms with Crippen molar-refractivity contribution in [3.05, 3.63) is 92.7 Å². The van der Waals surface area contributed by atoms with Crippen molar-refractivity contribution in [2.45, 2.75) is 27.2 Å². The van der Waals surface area contributed by atoms with E-state index in [1.807, 2.05) is 57.4 Å². The molecule has 5 heteroatoms. The van der Waals surface area contributed by atoms with E-state index in [1.165, 1.54) is 0 Å². The zero-order chi connectivity index (χ0) is 19.4. The van der Waals surface area contributed by atoms with Crippen LogP contribution < -0.4 is 5.56 Å². The van der Waals surface area contributed by atoms with Gasteiger partial charge in [-0.3, -0.25) is 4.79 Å². The molecule has 0 amide bonds. The molecule has 0 atom stereocenters. The maximum absolute atomic E-state index is 12.4. The lowest BCUT2D eigenvalue weighted by atomic mass is 10.1. The molecule has 0 saturated heterocycles. The first-order valence-corrected chi connectivity index (χ1v) is 9.81. The molecular weight excluding hydrogens is 402 g/mol. The van der Waals surface area contributed by atoms with E-state index in [0.717, 1.165) is 26.8 Å². The van der Waals surface area contributed by atoms with E-state index >= 15 is 0 Å². The number of fused-ring (bicyclic) bond motifs is 1. The summed E-state index contributed by atoms with van der Waals surface area (Å²) in [6.07, 6.45) is 4.61. The highest BCUT2D eigenvalue weighted by molar-refractivity contribution is 9.10. The molecule has 4 nitrogen and oxygen atoms in total. The van der Waals surface area contributed by atoms with Gasteiger partial charge in [-0.15, -0.1) is 0 Å². The molecule has 0 fully saturated rings. The van der Waals surface area contributed by atoms with Gasteiger partial charge in [0.25, 0.3) is 5.56 Å². The van der Waals surface area contributed by atoms with E-state index in [4.69, 9.17) is 0 Å². The van der Waals surface area contributed by atoms with Gasteiger partial charge in [-0.1, -0.05) is 41.9 Å². The Balaban J connectivity index is 0.00000102. The van der Waals surface area contributed by atoms with Gasteiger partial charge in [-0.05, 0) is 54.4 Å². The van der Waals surface area contributed by atoms with Crippen LogP contribution in [0.15, 0.2) is 70.2 Å². The second kappa shape index (κ2) is 8.35. The average Bonchev–Trinajstić information content (AvgIpc) is 3.20. The molecule has 0 unspecified atom stereocenters. The zero-order valence-electron chi connectivity index (χ0n) is 15.7. The van der Waals surface area contributed by atoms with Crippen LogP contribution in [0.3, 0.4) is 0 Å². The standard InChI is InChI=1S/C20H16BrN3O.C2H6/c1-13-10-15(21)12-17-19(13)22-18(23-20(17)25)11-14-4-6-16(7-5-14)24-8-2-3-9-24;1-2/h2-10,12H,11H2,1H3,(H,22,23,25);1-2H3. The molecule has 138 valence electrons. The van der Waals surface area contributed by atoms with Gasteiger partial charge in [-0.2, -0.15) is 0 Å². The van der Waals surface area contributed by atoms with Crippen molar-refractivity contribution in [3.8, 4) is 5.69 Å². The van der Waals surface area contributed by atoms with Crippen molar-refractivity contribution >= 4 is 26.8 Å². The number of aromatic amines is 1. The first-order valence-electron chi connectivity index (χ1n) is 9.01. The maximum Gasteiger partial charge on any atom is 0.258 e. The summed E-state index contributed by atoms with van der Waals surface area (Å²) in [4.78, 5) is 19.9. The largest absolute Gasteiger partial charge is 0.324 e. The fourth-order valence-electron chi connectivity index (χ4n) is 2.99. The molecule has 0 aliphatic heterocycles. The Kier molecular flexibility index (Phi) is 5.91. The molecule has 4 rings (SSSR count). The fraction of sp³-hybridized carbons (Fsp3) is 0.182. The maximum atomic E-state index is 12.4. The molecule has 0 aliphatic rings. The summed E-state index contributed by atoms with van der Waals surface area (Å²) in [6, 6.07) is 16.0. The van der Waals surface area contributed by atoms with Gasteiger partial charge in [0.05, 0.1) is 10.9 Å². The number of aryl methyl sites for hydroxylation is 1. The van der Waals surface area contributed by atoms with Gasteiger partial charge >= 0.3 is 0 Å². The summed E-state index contributed by atoms with van der Waals surface area (Å²) in [5.41, 5.74) is 3.85. The lowest BCUT2D eigenvalue weighted by Gasteiger charge is -2.07. The molecule has 2 aromatic heterocycles. The fourth-order valence-corrected chi connectivity index (χ4v) is 3.56. The second-order valence-electron chi connectivity index (χ2n) is 6.07. The van der Waals surface area contributed by atoms with Gasteiger partial charge < -0.3 is 9.55 Å². The summed E-state index contributed by atoms with van der Waals surface area (Å²) >= 11 is 3.43. The molecule has 2 aromatic carbocycles. The van der Waals surface area contributed by atoms with Crippen molar-refractivity contribution < 1.29 is 0 Å². The minimum atomic E-state index is -0.103. The minimum absolute atomic E-state index is 0.103. The van der Waals surface area contributed by atoms with Crippen molar-refractivity contribution in [3.63, 3.8) is 0 Å². The molecule has 0 bridgehead atoms. The van der Waals surface area contributed by atoms with E-state index in [2.05, 4.69) is 54.7 Å². The summed E-state index contributed by atoms with van der Waals surface area (Å²) in [6.45, 7) is 5.97. The Hall–Kier alpha value is -2.66. The number of rotatable bonds is 3. The Morgan fingerprint density at radius 3 is 2.41 bits per heavy atom. The van der Waals surface area contributed by atoms with Gasteiger partial charge in [0.1, 0.15) is 5.82 Å². The molecule has 2 heterocycles. The minimum Gasteiger partial charge on any atom is -0.324 e. The average molecular weight is 424 g/mol. The summed E-state index contributed by atoms with van der Waals surface area (Å²) < 4.78 is 2.94. The number of aromatic nitrogens is 3. The Labute approximate surface area is 167 Å². The molecule has 4 aromatic rings. The molecule has 0 spiro atoms. The first-order chi connectivity index (χ1) is 13.1. The van der Waals surface area contributed by atoms with Crippen molar-refractivity contribution in [2.75, 3.05) is 0 Å². The number of hydrogen-bond donors (Lipinski definition) is 1. The topological polar surface area (TPSA) is 50.7 Å². The van der Waals surface area contributed by atoms with Gasteiger partial charge in [0.15, 0.2) is 0 Å². The van der Waals surface area contributed by atoms with Crippen LogP contribution in [-0.2, 0) is 6.42 Å². The van der Waals surface area contributed by atoms with Crippen molar-refractivity contribution in [1.82, 2.24) is 14.5 Å². The smallest absolute Gasteiger partial charge is 0.258 e. The van der Waals surface area contributed by atoms with E-state index in [9.17, 15) is 4.79 Å². The normalized spacial score (nSPS) is 10.5. The highest BCUT2D eigenvalue weighted by Crippen LogP contribution is 2.20. The van der Waals surface area contributed by atoms with Gasteiger partial charge in [-0.25, -0.2) is 4.98 Å². The third kappa shape index (κ3) is 4.19. The summed E-state index contributed by atoms with van der Waals surface area (Å²) in [5, 5.41) is 0.610. The van der Waals surface area contributed by atoms with Crippen LogP contribution in [0.5, 0.6) is 0 Å². The van der Waals surface area contributed by atoms with Crippen LogP contribution >= 0.6 is 15.9 Å². The Morgan fingerprint density at radius 2 is 1.74 bits per heavy atom. The molecule has 0 saturated carbocycles. The summed E-state index contributed by atoms with van der Waals surface area (Å²) in [7, 11) is 0. The molecule has 0 radical (unpaired) electrons. The van der Waals surface area contributed by atoms with Gasteiger partial charge in [0.2, 0.25) is 0 Å². The zero-order valence-corrected chi connectivity index (χ0v) is 17.2. The van der Waals surface area contributed by atoms with E-state index in [-0.39, 0.29) is 5.56 Å². The highest BCUT2D eigenvalue weighted by Gasteiger charge is 2.08. The van der Waals surface area contributed by atoms with Crippen LogP contribution in [0.2, 0.25) is 0 Å². The molecule has 27 heavy (non-hydrogen) atoms. The lowest BCUT2D eigenvalue weighted by Crippen LogP contribution is -2.13. The van der Waals surface area contributed by atoms with E-state index in [1.54, 1.807) is 0 Å². The van der Waals surface area contributed by atoms with Crippen LogP contribution in [0, 0.1) is 6.92 Å². The van der Waals surface area contributed by atoms with Crippen LogP contribution in [0.25, 0.3) is 16.6 Å². The number of H-pyrrole nitrogens is 1. The van der Waals surface area contributed by atoms with Crippen molar-refractivity contribution in [2.24, 2.45) is 0 Å². The Morgan fingerprint density at radius 1 is 1.07 bits per heavy atom. The lowest BCUT2D eigenvalue weighted by molar-refractivity contribution is 0.968. The quantitative estimate of drug-likeness (QED) is 0.479. The van der Waals surface area contributed by atoms with E-state index in [0.29, 0.717) is 17.6 Å². The molecule has 1 N–H and O–H groups in total. The number of halogens is 1. The predicted molar refractivity (Wildman–Crippen MR) is 115 cm³/mol. The third-order valence-electron chi connectivity index (χ3n) is 4.22. The highest BCUT2D eigenvalue weighted by atomic mass is 79.9. The van der Waals surface area contributed by atoms with Crippen LogP contribution in [0.4, 0.5) is 0 Å². The molecular formula is C22H22BrN3O. The van der Waals surface area contributed by atoms with Crippen LogP contribution in [0.1, 0.15) is 30.8 Å². The number of nitrogens with one attached hydrogen (secondary N) is 1. The number of nitrogens with zero attached hydrogens (tertiary/aromatic N) is 2. The summed E-state index contributed by atoms with van der Waals surface area (Å²) in [5.74, 6) is 0.677.